The molecule has 8 nitrogen and oxygen atoms in total. The van der Waals surface area contributed by atoms with Crippen molar-refractivity contribution in [3.8, 4) is 0 Å². The first-order chi connectivity index (χ1) is 15.0. The molecule has 3 rings (SSSR count). The first-order valence-electron chi connectivity index (χ1n) is 9.81. The van der Waals surface area contributed by atoms with Crippen molar-refractivity contribution >= 4 is 60.5 Å². The number of nitrogens with one attached hydrogen (secondary N) is 1. The highest BCUT2D eigenvalue weighted by molar-refractivity contribution is 7.92. The lowest BCUT2D eigenvalue weighted by Gasteiger charge is -2.26. The minimum absolute atomic E-state index is 0.0861. The Balaban J connectivity index is 1.73. The molecular formula is C20H23Cl2N3O5S2. The number of hydrogen-bond acceptors (Lipinski definition) is 5. The standard InChI is InChI=1S/C20H23Cl2N3O5S2/c1-31(27,28)25(19-10-5-15(21)13-18(19)22)14-20(26)23-16-6-8-17(9-7-16)32(29,30)24-11-3-2-4-12-24/h5-10,13H,2-4,11-12,14H2,1H3,(H,23,26). The van der Waals surface area contributed by atoms with Crippen LogP contribution in [-0.2, 0) is 24.8 Å². The summed E-state index contributed by atoms with van der Waals surface area (Å²) in [5.41, 5.74) is 0.458. The summed E-state index contributed by atoms with van der Waals surface area (Å²) in [6.07, 6.45) is 3.65. The number of amides is 1. The van der Waals surface area contributed by atoms with Gasteiger partial charge in [0.15, 0.2) is 0 Å². The Morgan fingerprint density at radius 1 is 1.00 bits per heavy atom. The molecule has 1 aliphatic rings. The number of anilines is 2. The molecule has 1 saturated heterocycles. The Hall–Kier alpha value is -1.85. The number of piperidine rings is 1. The second-order valence-electron chi connectivity index (χ2n) is 7.40. The van der Waals surface area contributed by atoms with Crippen molar-refractivity contribution in [1.82, 2.24) is 4.31 Å². The SMILES string of the molecule is CS(=O)(=O)N(CC(=O)Nc1ccc(S(=O)(=O)N2CCCCC2)cc1)c1ccc(Cl)cc1Cl. The highest BCUT2D eigenvalue weighted by Gasteiger charge is 2.26. The molecule has 2 aromatic rings. The summed E-state index contributed by atoms with van der Waals surface area (Å²) in [6, 6.07) is 10.0. The lowest BCUT2D eigenvalue weighted by Crippen LogP contribution is -2.37. The Morgan fingerprint density at radius 2 is 1.62 bits per heavy atom. The maximum atomic E-state index is 12.7. The van der Waals surface area contributed by atoms with Crippen LogP contribution in [0.5, 0.6) is 0 Å². The quantitative estimate of drug-likeness (QED) is 0.601. The number of benzene rings is 2. The van der Waals surface area contributed by atoms with Gasteiger partial charge in [-0.25, -0.2) is 16.8 Å². The maximum absolute atomic E-state index is 12.7. The maximum Gasteiger partial charge on any atom is 0.245 e. The monoisotopic (exact) mass is 519 g/mol. The lowest BCUT2D eigenvalue weighted by atomic mass is 10.2. The van der Waals surface area contributed by atoms with Crippen LogP contribution in [0.1, 0.15) is 19.3 Å². The van der Waals surface area contributed by atoms with E-state index >= 15 is 0 Å². The Labute approximate surface area is 198 Å². The third-order valence-electron chi connectivity index (χ3n) is 4.96. The van der Waals surface area contributed by atoms with Gasteiger partial charge in [-0.1, -0.05) is 29.6 Å². The zero-order chi connectivity index (χ0) is 23.5. The number of rotatable bonds is 7. The number of nitrogens with zero attached hydrogens (tertiary/aromatic N) is 2. The van der Waals surface area contributed by atoms with Gasteiger partial charge in [0.2, 0.25) is 26.0 Å². The molecule has 0 unspecified atom stereocenters. The summed E-state index contributed by atoms with van der Waals surface area (Å²) in [5, 5.41) is 3.00. The van der Waals surface area contributed by atoms with Crippen LogP contribution in [0.4, 0.5) is 11.4 Å². The number of carbonyl (C=O) groups excluding carboxylic acids is 1. The molecule has 1 amide bonds. The van der Waals surface area contributed by atoms with Gasteiger partial charge < -0.3 is 5.32 Å². The van der Waals surface area contributed by atoms with Crippen molar-refractivity contribution in [3.05, 3.63) is 52.5 Å². The Kier molecular flexibility index (Phi) is 7.72. The molecule has 32 heavy (non-hydrogen) atoms. The van der Waals surface area contributed by atoms with Crippen LogP contribution in [0.2, 0.25) is 10.0 Å². The fraction of sp³-hybridized carbons (Fsp3) is 0.350. The van der Waals surface area contributed by atoms with E-state index in [0.717, 1.165) is 29.8 Å². The van der Waals surface area contributed by atoms with Gasteiger partial charge >= 0.3 is 0 Å². The minimum Gasteiger partial charge on any atom is -0.325 e. The fourth-order valence-electron chi connectivity index (χ4n) is 3.36. The van der Waals surface area contributed by atoms with Gasteiger partial charge in [0.1, 0.15) is 6.54 Å². The molecule has 0 atom stereocenters. The van der Waals surface area contributed by atoms with Gasteiger partial charge in [0.25, 0.3) is 0 Å². The molecule has 0 aliphatic carbocycles. The molecule has 12 heteroatoms. The molecule has 0 radical (unpaired) electrons. The average Bonchev–Trinajstić information content (AvgIpc) is 2.73. The topological polar surface area (TPSA) is 104 Å². The molecular weight excluding hydrogens is 497 g/mol. The van der Waals surface area contributed by atoms with Gasteiger partial charge in [-0.3, -0.25) is 9.10 Å². The fourth-order valence-corrected chi connectivity index (χ4v) is 6.31. The van der Waals surface area contributed by atoms with Crippen molar-refractivity contribution < 1.29 is 21.6 Å². The summed E-state index contributed by atoms with van der Waals surface area (Å²) in [5.74, 6) is -0.618. The number of carbonyl (C=O) groups is 1. The Morgan fingerprint density at radius 3 is 2.19 bits per heavy atom. The molecule has 0 spiro atoms. The normalized spacial score (nSPS) is 15.3. The van der Waals surface area contributed by atoms with E-state index in [9.17, 15) is 21.6 Å². The van der Waals surface area contributed by atoms with Crippen LogP contribution in [-0.4, -0.2) is 52.9 Å². The summed E-state index contributed by atoms with van der Waals surface area (Å²) in [7, 11) is -7.40. The predicted molar refractivity (Wildman–Crippen MR) is 126 cm³/mol. The van der Waals surface area contributed by atoms with E-state index in [0.29, 0.717) is 23.8 Å². The lowest BCUT2D eigenvalue weighted by molar-refractivity contribution is -0.114. The van der Waals surface area contributed by atoms with Crippen LogP contribution in [0.3, 0.4) is 0 Å². The molecule has 0 aromatic heterocycles. The van der Waals surface area contributed by atoms with Gasteiger partial charge in [-0.05, 0) is 55.3 Å². The molecule has 1 fully saturated rings. The van der Waals surface area contributed by atoms with Crippen LogP contribution < -0.4 is 9.62 Å². The van der Waals surface area contributed by atoms with Crippen molar-refractivity contribution in [1.29, 1.82) is 0 Å². The van der Waals surface area contributed by atoms with Crippen LogP contribution >= 0.6 is 23.2 Å². The largest absolute Gasteiger partial charge is 0.325 e. The molecule has 1 aliphatic heterocycles. The molecule has 174 valence electrons. The van der Waals surface area contributed by atoms with Crippen molar-refractivity contribution in [3.63, 3.8) is 0 Å². The van der Waals surface area contributed by atoms with Crippen LogP contribution in [0.15, 0.2) is 47.4 Å². The van der Waals surface area contributed by atoms with Crippen molar-refractivity contribution in [2.75, 3.05) is 35.5 Å². The second-order valence-corrected chi connectivity index (χ2v) is 12.1. The van der Waals surface area contributed by atoms with E-state index in [1.54, 1.807) is 0 Å². The van der Waals surface area contributed by atoms with E-state index in [1.807, 2.05) is 0 Å². The van der Waals surface area contributed by atoms with Crippen molar-refractivity contribution in [2.24, 2.45) is 0 Å². The minimum atomic E-state index is -3.82. The summed E-state index contributed by atoms with van der Waals surface area (Å²) < 4.78 is 52.3. The highest BCUT2D eigenvalue weighted by atomic mass is 35.5. The number of hydrogen-bond donors (Lipinski definition) is 1. The van der Waals surface area contributed by atoms with E-state index in [4.69, 9.17) is 23.2 Å². The first kappa shape index (κ1) is 24.8. The predicted octanol–water partition coefficient (Wildman–Crippen LogP) is 3.57. The van der Waals surface area contributed by atoms with Crippen molar-refractivity contribution in [2.45, 2.75) is 24.2 Å². The van der Waals surface area contributed by atoms with Gasteiger partial charge in [0.05, 0.1) is 21.9 Å². The van der Waals surface area contributed by atoms with Gasteiger partial charge in [-0.2, -0.15) is 4.31 Å². The molecule has 2 aromatic carbocycles. The van der Waals surface area contributed by atoms with Crippen LogP contribution in [0.25, 0.3) is 0 Å². The average molecular weight is 520 g/mol. The summed E-state index contributed by atoms with van der Waals surface area (Å²) in [4.78, 5) is 12.7. The molecule has 0 bridgehead atoms. The molecule has 1 heterocycles. The zero-order valence-corrected chi connectivity index (χ0v) is 20.4. The van der Waals surface area contributed by atoms with Gasteiger partial charge in [-0.15, -0.1) is 0 Å². The second kappa shape index (κ2) is 9.96. The summed E-state index contributed by atoms with van der Waals surface area (Å²) >= 11 is 12.0. The molecule has 1 N–H and O–H groups in total. The van der Waals surface area contributed by atoms with Gasteiger partial charge in [0, 0.05) is 23.8 Å². The van der Waals surface area contributed by atoms with E-state index in [1.165, 1.54) is 46.8 Å². The third kappa shape index (κ3) is 5.93. The van der Waals surface area contributed by atoms with E-state index < -0.39 is 32.5 Å². The van der Waals surface area contributed by atoms with E-state index in [2.05, 4.69) is 5.32 Å². The number of sulfonamides is 2. The molecule has 0 saturated carbocycles. The number of halogens is 2. The summed E-state index contributed by atoms with van der Waals surface area (Å²) in [6.45, 7) is 0.471. The third-order valence-corrected chi connectivity index (χ3v) is 8.53. The zero-order valence-electron chi connectivity index (χ0n) is 17.3. The smallest absolute Gasteiger partial charge is 0.245 e. The van der Waals surface area contributed by atoms with Crippen LogP contribution in [0, 0.1) is 0 Å². The Bertz CT molecular complexity index is 1200. The first-order valence-corrected chi connectivity index (χ1v) is 13.9. The highest BCUT2D eigenvalue weighted by Crippen LogP contribution is 2.30. The van der Waals surface area contributed by atoms with E-state index in [-0.39, 0.29) is 15.6 Å².